The molecular formula is C20H29N3O. The Morgan fingerprint density at radius 1 is 1.12 bits per heavy atom. The largest absolute Gasteiger partial charge is 0.367 e. The third-order valence-electron chi connectivity index (χ3n) is 6.35. The van der Waals surface area contributed by atoms with E-state index in [-0.39, 0.29) is 5.91 Å². The Labute approximate surface area is 145 Å². The fraction of sp³-hybridized carbons (Fsp3) is 0.650. The summed E-state index contributed by atoms with van der Waals surface area (Å²) < 4.78 is 0. The quantitative estimate of drug-likeness (QED) is 0.922. The predicted octanol–water partition coefficient (Wildman–Crippen LogP) is 3.20. The van der Waals surface area contributed by atoms with Crippen molar-refractivity contribution in [1.82, 2.24) is 4.90 Å². The van der Waals surface area contributed by atoms with E-state index in [9.17, 15) is 4.79 Å². The summed E-state index contributed by atoms with van der Waals surface area (Å²) in [5, 5.41) is 3.21. The summed E-state index contributed by atoms with van der Waals surface area (Å²) in [6.07, 6.45) is 6.10. The highest BCUT2D eigenvalue weighted by atomic mass is 16.1. The lowest BCUT2D eigenvalue weighted by atomic mass is 9.86. The van der Waals surface area contributed by atoms with Gasteiger partial charge < -0.3 is 15.1 Å². The molecule has 24 heavy (non-hydrogen) atoms. The van der Waals surface area contributed by atoms with Crippen molar-refractivity contribution in [3.8, 4) is 0 Å². The summed E-state index contributed by atoms with van der Waals surface area (Å²) in [7, 11) is 2.17. The van der Waals surface area contributed by atoms with E-state index in [1.165, 1.54) is 31.4 Å². The molecule has 1 aromatic rings. The van der Waals surface area contributed by atoms with Gasteiger partial charge in [-0.15, -0.1) is 0 Å². The summed E-state index contributed by atoms with van der Waals surface area (Å²) in [5.74, 6) is 2.55. The van der Waals surface area contributed by atoms with E-state index in [4.69, 9.17) is 0 Å². The van der Waals surface area contributed by atoms with Crippen LogP contribution in [0.15, 0.2) is 24.3 Å². The van der Waals surface area contributed by atoms with E-state index in [0.717, 1.165) is 43.7 Å². The first-order chi connectivity index (χ1) is 11.7. The molecule has 1 N–H and O–H groups in total. The monoisotopic (exact) mass is 327 g/mol. The third kappa shape index (κ3) is 3.30. The number of benzene rings is 1. The first-order valence-corrected chi connectivity index (χ1v) is 9.51. The van der Waals surface area contributed by atoms with Gasteiger partial charge in [0.25, 0.3) is 0 Å². The lowest BCUT2D eigenvalue weighted by Crippen LogP contribution is -2.44. The molecule has 1 saturated heterocycles. The van der Waals surface area contributed by atoms with Crippen molar-refractivity contribution >= 4 is 17.3 Å². The van der Waals surface area contributed by atoms with E-state index < -0.39 is 0 Å². The number of anilines is 2. The Morgan fingerprint density at radius 3 is 2.62 bits per heavy atom. The third-order valence-corrected chi connectivity index (χ3v) is 6.35. The van der Waals surface area contributed by atoms with Gasteiger partial charge >= 0.3 is 0 Å². The Kier molecular flexibility index (Phi) is 4.49. The molecule has 0 spiro atoms. The molecule has 2 bridgehead atoms. The SMILES string of the molecule is CN1CCN(c2ccccc2NC(=O)CC2CC3CCC2C3)CC1. The summed E-state index contributed by atoms with van der Waals surface area (Å²) >= 11 is 0. The normalized spacial score (nSPS) is 29.9. The van der Waals surface area contributed by atoms with Crippen molar-refractivity contribution in [2.24, 2.45) is 17.8 Å². The zero-order valence-corrected chi connectivity index (χ0v) is 14.7. The second-order valence-corrected chi connectivity index (χ2v) is 7.99. The molecule has 4 rings (SSSR count). The van der Waals surface area contributed by atoms with Crippen molar-refractivity contribution in [3.63, 3.8) is 0 Å². The van der Waals surface area contributed by atoms with Crippen molar-refractivity contribution in [3.05, 3.63) is 24.3 Å². The van der Waals surface area contributed by atoms with Gasteiger partial charge in [-0.1, -0.05) is 18.6 Å². The molecule has 1 aliphatic heterocycles. The number of carbonyl (C=O) groups is 1. The lowest BCUT2D eigenvalue weighted by Gasteiger charge is -2.35. The molecule has 0 aromatic heterocycles. The predicted molar refractivity (Wildman–Crippen MR) is 98.3 cm³/mol. The lowest BCUT2D eigenvalue weighted by molar-refractivity contribution is -0.117. The minimum absolute atomic E-state index is 0.203. The number of likely N-dealkylation sites (N-methyl/N-ethyl adjacent to an activating group) is 1. The standard InChI is InChI=1S/C20H29N3O/c1-22-8-10-23(11-9-22)19-5-3-2-4-18(19)21-20(24)14-17-13-15-6-7-16(17)12-15/h2-5,15-17H,6-14H2,1H3,(H,21,24). The Balaban J connectivity index is 1.40. The molecule has 4 heteroatoms. The minimum Gasteiger partial charge on any atom is -0.367 e. The fourth-order valence-electron chi connectivity index (χ4n) is 4.97. The zero-order chi connectivity index (χ0) is 16.5. The van der Waals surface area contributed by atoms with Crippen LogP contribution in [-0.2, 0) is 4.79 Å². The number of hydrogen-bond donors (Lipinski definition) is 1. The maximum atomic E-state index is 12.6. The molecule has 4 nitrogen and oxygen atoms in total. The maximum absolute atomic E-state index is 12.6. The highest BCUT2D eigenvalue weighted by Crippen LogP contribution is 2.49. The number of piperazine rings is 1. The zero-order valence-electron chi connectivity index (χ0n) is 14.7. The van der Waals surface area contributed by atoms with Crippen LogP contribution in [0.25, 0.3) is 0 Å². The average molecular weight is 327 g/mol. The van der Waals surface area contributed by atoms with Crippen LogP contribution in [0.1, 0.15) is 32.1 Å². The van der Waals surface area contributed by atoms with Gasteiger partial charge in [-0.05, 0) is 56.2 Å². The number of carbonyl (C=O) groups excluding carboxylic acids is 1. The Hall–Kier alpha value is -1.55. The first kappa shape index (κ1) is 15.9. The van der Waals surface area contributed by atoms with Gasteiger partial charge in [0, 0.05) is 32.6 Å². The smallest absolute Gasteiger partial charge is 0.224 e. The summed E-state index contributed by atoms with van der Waals surface area (Å²) in [5.41, 5.74) is 2.15. The molecule has 3 aliphatic rings. The van der Waals surface area contributed by atoms with Gasteiger partial charge in [0.05, 0.1) is 11.4 Å². The van der Waals surface area contributed by atoms with Gasteiger partial charge in [-0.2, -0.15) is 0 Å². The van der Waals surface area contributed by atoms with E-state index in [2.05, 4.69) is 34.3 Å². The molecule has 1 aromatic carbocycles. The number of hydrogen-bond acceptors (Lipinski definition) is 3. The molecule has 3 atom stereocenters. The van der Waals surface area contributed by atoms with Crippen LogP contribution in [0.2, 0.25) is 0 Å². The minimum atomic E-state index is 0.203. The molecule has 1 amide bonds. The second kappa shape index (κ2) is 6.75. The number of fused-ring (bicyclic) bond motifs is 2. The van der Waals surface area contributed by atoms with Gasteiger partial charge in [0.1, 0.15) is 0 Å². The second-order valence-electron chi connectivity index (χ2n) is 7.99. The number of nitrogens with one attached hydrogen (secondary N) is 1. The number of rotatable bonds is 4. The molecule has 2 saturated carbocycles. The molecule has 3 fully saturated rings. The summed E-state index contributed by atoms with van der Waals surface area (Å²) in [4.78, 5) is 17.3. The van der Waals surface area contributed by atoms with E-state index >= 15 is 0 Å². The van der Waals surface area contributed by atoms with Crippen LogP contribution < -0.4 is 10.2 Å². The Morgan fingerprint density at radius 2 is 1.92 bits per heavy atom. The van der Waals surface area contributed by atoms with E-state index in [0.29, 0.717) is 12.3 Å². The van der Waals surface area contributed by atoms with Gasteiger partial charge in [0.15, 0.2) is 0 Å². The molecule has 2 aliphatic carbocycles. The molecule has 3 unspecified atom stereocenters. The van der Waals surface area contributed by atoms with E-state index in [1.54, 1.807) is 0 Å². The van der Waals surface area contributed by atoms with Crippen LogP contribution in [0.5, 0.6) is 0 Å². The first-order valence-electron chi connectivity index (χ1n) is 9.51. The maximum Gasteiger partial charge on any atom is 0.224 e. The highest BCUT2D eigenvalue weighted by molar-refractivity contribution is 5.94. The van der Waals surface area contributed by atoms with Gasteiger partial charge in [-0.3, -0.25) is 4.79 Å². The van der Waals surface area contributed by atoms with E-state index in [1.807, 2.05) is 12.1 Å². The van der Waals surface area contributed by atoms with Crippen LogP contribution in [-0.4, -0.2) is 44.0 Å². The molecule has 0 radical (unpaired) electrons. The van der Waals surface area contributed by atoms with Crippen LogP contribution in [0.3, 0.4) is 0 Å². The highest BCUT2D eigenvalue weighted by Gasteiger charge is 2.40. The summed E-state index contributed by atoms with van der Waals surface area (Å²) in [6.45, 7) is 4.20. The number of para-hydroxylation sites is 2. The number of nitrogens with zero attached hydrogens (tertiary/aromatic N) is 2. The Bertz CT molecular complexity index is 594. The molecule has 130 valence electrons. The van der Waals surface area contributed by atoms with Crippen molar-refractivity contribution in [2.45, 2.75) is 32.1 Å². The molecule has 1 heterocycles. The van der Waals surface area contributed by atoms with Crippen LogP contribution in [0.4, 0.5) is 11.4 Å². The van der Waals surface area contributed by atoms with Crippen molar-refractivity contribution in [2.75, 3.05) is 43.4 Å². The molecular weight excluding hydrogens is 298 g/mol. The van der Waals surface area contributed by atoms with Crippen LogP contribution in [0, 0.1) is 17.8 Å². The van der Waals surface area contributed by atoms with Crippen molar-refractivity contribution < 1.29 is 4.79 Å². The topological polar surface area (TPSA) is 35.6 Å². The fourth-order valence-corrected chi connectivity index (χ4v) is 4.97. The van der Waals surface area contributed by atoms with Crippen LogP contribution >= 0.6 is 0 Å². The van der Waals surface area contributed by atoms with Gasteiger partial charge in [-0.25, -0.2) is 0 Å². The van der Waals surface area contributed by atoms with Gasteiger partial charge in [0.2, 0.25) is 5.91 Å². The average Bonchev–Trinajstić information content (AvgIpc) is 3.19. The number of amides is 1. The van der Waals surface area contributed by atoms with Crippen molar-refractivity contribution in [1.29, 1.82) is 0 Å². The summed E-state index contributed by atoms with van der Waals surface area (Å²) in [6, 6.07) is 8.27.